The number of hydrogen-bond acceptors (Lipinski definition) is 5. The molecular weight excluding hydrogens is 508 g/mol. The molecule has 5 fully saturated rings. The van der Waals surface area contributed by atoms with Gasteiger partial charge in [0.25, 0.3) is 0 Å². The predicted molar refractivity (Wildman–Crippen MR) is 156 cm³/mol. The Balaban J connectivity index is 1.25. The van der Waals surface area contributed by atoms with Gasteiger partial charge in [-0.3, -0.25) is 4.79 Å². The third kappa shape index (κ3) is 5.31. The van der Waals surface area contributed by atoms with Crippen LogP contribution in [0.25, 0.3) is 0 Å². The van der Waals surface area contributed by atoms with Crippen LogP contribution in [-0.4, -0.2) is 47.6 Å². The Labute approximate surface area is 238 Å². The first kappa shape index (κ1) is 30.0. The summed E-state index contributed by atoms with van der Waals surface area (Å²) in [6.07, 6.45) is 13.6. The van der Waals surface area contributed by atoms with Crippen molar-refractivity contribution in [1.82, 2.24) is 0 Å². The lowest BCUT2D eigenvalue weighted by Crippen LogP contribution is -2.62. The molecule has 0 aliphatic heterocycles. The number of fused-ring (bicyclic) bond motifs is 5. The standard InChI is InChI=1S/C33H56O5S/c1-5-25-29-19-22(34)15-17-33(29,4)28-16-18-32(3)26(13-14-27(32)30(28)31(25)36)21(2)11-12-23(35)20-39(37,38)24-9-7-6-8-10-24/h21-22,24-31,34,36H,5-20H2,1-4H3/t21-,22-,25-,26-,27+,28+,29+,30+,31-,32-,33-/m1/s1. The summed E-state index contributed by atoms with van der Waals surface area (Å²) < 4.78 is 25.7. The lowest BCUT2D eigenvalue weighted by molar-refractivity contribution is -0.203. The van der Waals surface area contributed by atoms with Crippen molar-refractivity contribution in [2.24, 2.45) is 52.3 Å². The highest BCUT2D eigenvalue weighted by Crippen LogP contribution is 2.69. The summed E-state index contributed by atoms with van der Waals surface area (Å²) in [5.74, 6) is 2.62. The van der Waals surface area contributed by atoms with Crippen molar-refractivity contribution >= 4 is 15.6 Å². The number of hydrogen-bond donors (Lipinski definition) is 2. The summed E-state index contributed by atoms with van der Waals surface area (Å²) in [5.41, 5.74) is 0.388. The van der Waals surface area contributed by atoms with Crippen LogP contribution in [0.3, 0.4) is 0 Å². The van der Waals surface area contributed by atoms with Crippen LogP contribution in [0.4, 0.5) is 0 Å². The van der Waals surface area contributed by atoms with Gasteiger partial charge in [-0.2, -0.15) is 0 Å². The predicted octanol–water partition coefficient (Wildman–Crippen LogP) is 6.35. The second kappa shape index (κ2) is 11.3. The Morgan fingerprint density at radius 2 is 1.56 bits per heavy atom. The number of aliphatic hydroxyl groups is 2. The van der Waals surface area contributed by atoms with Crippen LogP contribution in [0.2, 0.25) is 0 Å². The van der Waals surface area contributed by atoms with E-state index in [9.17, 15) is 23.4 Å². The molecule has 5 aliphatic rings. The first-order valence-corrected chi connectivity index (χ1v) is 18.2. The van der Waals surface area contributed by atoms with E-state index in [2.05, 4.69) is 27.7 Å². The summed E-state index contributed by atoms with van der Waals surface area (Å²) in [5, 5.41) is 22.1. The maximum atomic E-state index is 12.8. The van der Waals surface area contributed by atoms with E-state index in [0.717, 1.165) is 83.5 Å². The van der Waals surface area contributed by atoms with Gasteiger partial charge in [-0.15, -0.1) is 0 Å². The van der Waals surface area contributed by atoms with E-state index in [1.807, 2.05) is 0 Å². The molecule has 6 heteroatoms. The van der Waals surface area contributed by atoms with Crippen LogP contribution < -0.4 is 0 Å². The molecule has 39 heavy (non-hydrogen) atoms. The smallest absolute Gasteiger partial charge is 0.160 e. The molecule has 0 heterocycles. The monoisotopic (exact) mass is 564 g/mol. The molecule has 0 saturated heterocycles. The quantitative estimate of drug-likeness (QED) is 0.359. The molecule has 0 spiro atoms. The lowest BCUT2D eigenvalue weighted by Gasteiger charge is -2.64. The number of rotatable bonds is 8. The number of ketones is 1. The number of aliphatic hydroxyl groups excluding tert-OH is 2. The molecular formula is C33H56O5S. The van der Waals surface area contributed by atoms with Crippen LogP contribution in [0, 0.1) is 52.3 Å². The topological polar surface area (TPSA) is 91.7 Å². The average Bonchev–Trinajstić information content (AvgIpc) is 3.26. The minimum absolute atomic E-state index is 0.0947. The van der Waals surface area contributed by atoms with E-state index in [0.29, 0.717) is 41.9 Å². The van der Waals surface area contributed by atoms with E-state index in [1.54, 1.807) is 0 Å². The molecule has 5 rings (SSSR count). The maximum Gasteiger partial charge on any atom is 0.160 e. The molecule has 0 bridgehead atoms. The molecule has 5 saturated carbocycles. The molecule has 0 aromatic heterocycles. The van der Waals surface area contributed by atoms with E-state index < -0.39 is 9.84 Å². The molecule has 5 aliphatic carbocycles. The first-order chi connectivity index (χ1) is 18.4. The van der Waals surface area contributed by atoms with Crippen molar-refractivity contribution < 1.29 is 23.4 Å². The molecule has 0 amide bonds. The van der Waals surface area contributed by atoms with E-state index in [-0.39, 0.29) is 45.7 Å². The van der Waals surface area contributed by atoms with Gasteiger partial charge in [-0.05, 0) is 116 Å². The second-order valence-electron chi connectivity index (χ2n) is 15.2. The highest BCUT2D eigenvalue weighted by molar-refractivity contribution is 7.92. The Morgan fingerprint density at radius 1 is 0.897 bits per heavy atom. The minimum atomic E-state index is -3.32. The van der Waals surface area contributed by atoms with Gasteiger partial charge in [-0.1, -0.05) is 53.4 Å². The fraction of sp³-hybridized carbons (Fsp3) is 0.970. The van der Waals surface area contributed by atoms with Crippen LogP contribution in [0.15, 0.2) is 0 Å². The second-order valence-corrected chi connectivity index (χ2v) is 17.5. The number of sulfone groups is 1. The SMILES string of the molecule is CC[C@H]1[C@@H](O)[C@@H]2[C@H](CC[C@]3(C)[C@@H]([C@H](C)CCC(=O)CS(=O)(=O)C4CCCCC4)CC[C@@H]23)[C@@]2(C)CC[C@@H](O)C[C@@H]12. The fourth-order valence-corrected chi connectivity index (χ4v) is 13.2. The third-order valence-corrected chi connectivity index (χ3v) is 15.7. The van der Waals surface area contributed by atoms with Gasteiger partial charge in [-0.25, -0.2) is 8.42 Å². The van der Waals surface area contributed by atoms with Crippen LogP contribution in [0.1, 0.15) is 124 Å². The minimum Gasteiger partial charge on any atom is -0.393 e. The Morgan fingerprint density at radius 3 is 2.26 bits per heavy atom. The summed E-state index contributed by atoms with van der Waals surface area (Å²) in [6, 6.07) is 0. The lowest BCUT2D eigenvalue weighted by atomic mass is 9.41. The normalized spacial score (nSPS) is 45.7. The number of carbonyl (C=O) groups excluding carboxylic acids is 1. The molecule has 0 aromatic rings. The van der Waals surface area contributed by atoms with Crippen molar-refractivity contribution in [2.45, 2.75) is 141 Å². The van der Waals surface area contributed by atoms with Crippen molar-refractivity contribution in [1.29, 1.82) is 0 Å². The van der Waals surface area contributed by atoms with E-state index in [1.165, 1.54) is 6.42 Å². The number of Topliss-reactive ketones (excluding diaryl/α,β-unsaturated/α-hetero) is 1. The average molecular weight is 565 g/mol. The molecule has 11 atom stereocenters. The van der Waals surface area contributed by atoms with Crippen molar-refractivity contribution in [2.75, 3.05) is 5.75 Å². The van der Waals surface area contributed by atoms with Gasteiger partial charge >= 0.3 is 0 Å². The molecule has 0 unspecified atom stereocenters. The molecule has 5 nitrogen and oxygen atoms in total. The van der Waals surface area contributed by atoms with Gasteiger partial charge in [0.1, 0.15) is 11.5 Å². The highest BCUT2D eigenvalue weighted by atomic mass is 32.2. The van der Waals surface area contributed by atoms with Crippen LogP contribution in [-0.2, 0) is 14.6 Å². The van der Waals surface area contributed by atoms with Gasteiger partial charge in [0.2, 0.25) is 0 Å². The van der Waals surface area contributed by atoms with Gasteiger partial charge < -0.3 is 10.2 Å². The molecule has 224 valence electrons. The summed E-state index contributed by atoms with van der Waals surface area (Å²) >= 11 is 0. The fourth-order valence-electron chi connectivity index (χ4n) is 11.4. The van der Waals surface area contributed by atoms with Gasteiger partial charge in [0.15, 0.2) is 9.84 Å². The van der Waals surface area contributed by atoms with Crippen molar-refractivity contribution in [3.8, 4) is 0 Å². The van der Waals surface area contributed by atoms with Crippen LogP contribution >= 0.6 is 0 Å². The zero-order chi connectivity index (χ0) is 28.2. The number of carbonyl (C=O) groups is 1. The van der Waals surface area contributed by atoms with E-state index >= 15 is 0 Å². The van der Waals surface area contributed by atoms with Crippen LogP contribution in [0.5, 0.6) is 0 Å². The molecule has 2 N–H and O–H groups in total. The van der Waals surface area contributed by atoms with E-state index in [4.69, 9.17) is 0 Å². The van der Waals surface area contributed by atoms with Gasteiger partial charge in [0, 0.05) is 6.42 Å². The first-order valence-electron chi connectivity index (χ1n) is 16.5. The zero-order valence-corrected chi connectivity index (χ0v) is 25.9. The van der Waals surface area contributed by atoms with Gasteiger partial charge in [0.05, 0.1) is 17.5 Å². The molecule has 0 aromatic carbocycles. The zero-order valence-electron chi connectivity index (χ0n) is 25.1. The summed E-state index contributed by atoms with van der Waals surface area (Å²) in [4.78, 5) is 12.8. The maximum absolute atomic E-state index is 12.8. The highest BCUT2D eigenvalue weighted by Gasteiger charge is 2.64. The van der Waals surface area contributed by atoms with Crippen molar-refractivity contribution in [3.63, 3.8) is 0 Å². The third-order valence-electron chi connectivity index (χ3n) is 13.5. The molecule has 0 radical (unpaired) electrons. The summed E-state index contributed by atoms with van der Waals surface area (Å²) in [7, 11) is -3.32. The Kier molecular flexibility index (Phi) is 8.71. The largest absolute Gasteiger partial charge is 0.393 e. The van der Waals surface area contributed by atoms with Crippen molar-refractivity contribution in [3.05, 3.63) is 0 Å². The summed E-state index contributed by atoms with van der Waals surface area (Å²) in [6.45, 7) is 9.48. The Hall–Kier alpha value is -0.460. The Bertz CT molecular complexity index is 988.